The zero-order valence-electron chi connectivity index (χ0n) is 24.7. The molecule has 11 nitrogen and oxygen atoms in total. The lowest BCUT2D eigenvalue weighted by atomic mass is 9.98. The minimum absolute atomic E-state index is 0.272. The van der Waals surface area contributed by atoms with Gasteiger partial charge in [0.1, 0.15) is 11.9 Å². The van der Waals surface area contributed by atoms with Gasteiger partial charge in [0.2, 0.25) is 5.91 Å². The number of aryl methyl sites for hydroxylation is 1. The molecule has 0 aliphatic rings. The van der Waals surface area contributed by atoms with Crippen LogP contribution in [0.15, 0.2) is 60.7 Å². The van der Waals surface area contributed by atoms with Crippen molar-refractivity contribution in [1.82, 2.24) is 5.32 Å². The van der Waals surface area contributed by atoms with Crippen LogP contribution < -0.4 is 35.1 Å². The van der Waals surface area contributed by atoms with Crippen LogP contribution in [0.3, 0.4) is 0 Å². The third kappa shape index (κ3) is 7.84. The molecule has 0 aliphatic heterocycles. The average molecular weight is 579 g/mol. The Labute approximate surface area is 245 Å². The van der Waals surface area contributed by atoms with Gasteiger partial charge in [-0.3, -0.25) is 9.59 Å². The molecule has 0 aliphatic carbocycles. The standard InChI is InChI=1S/C31H38N4O7/c1-7-29(32-20(3)36)35(25(18-30(37)38)21-12-15-26(40-4)28(16-21)42-6)22-13-14-24(27(17-22)41-5)34-31(39)33-23-11-9-8-10-19(23)2/h8-17,25,29H,7,18H2,1-6H3,(H,32,36)(H,37,38)(H2,33,34,39). The average Bonchev–Trinajstić information content (AvgIpc) is 2.97. The number of carbonyl (C=O) groups is 3. The molecule has 3 aromatic rings. The molecule has 224 valence electrons. The van der Waals surface area contributed by atoms with Gasteiger partial charge in [-0.2, -0.15) is 0 Å². The molecule has 42 heavy (non-hydrogen) atoms. The summed E-state index contributed by atoms with van der Waals surface area (Å²) in [6.07, 6.45) is -0.399. The van der Waals surface area contributed by atoms with Crippen molar-refractivity contribution in [1.29, 1.82) is 0 Å². The highest BCUT2D eigenvalue weighted by Crippen LogP contribution is 2.39. The number of hydrogen-bond acceptors (Lipinski definition) is 7. The summed E-state index contributed by atoms with van der Waals surface area (Å²) < 4.78 is 16.5. The molecule has 0 radical (unpaired) electrons. The second-order valence-corrected chi connectivity index (χ2v) is 9.54. The highest BCUT2D eigenvalue weighted by molar-refractivity contribution is 6.01. The monoisotopic (exact) mass is 578 g/mol. The molecule has 0 saturated heterocycles. The minimum Gasteiger partial charge on any atom is -0.494 e. The third-order valence-electron chi connectivity index (χ3n) is 6.71. The summed E-state index contributed by atoms with van der Waals surface area (Å²) in [6, 6.07) is 16.5. The van der Waals surface area contributed by atoms with Crippen molar-refractivity contribution >= 4 is 35.0 Å². The van der Waals surface area contributed by atoms with E-state index in [1.165, 1.54) is 28.3 Å². The van der Waals surface area contributed by atoms with Crippen molar-refractivity contribution in [2.75, 3.05) is 36.9 Å². The van der Waals surface area contributed by atoms with Gasteiger partial charge >= 0.3 is 12.0 Å². The Morgan fingerprint density at radius 2 is 1.52 bits per heavy atom. The van der Waals surface area contributed by atoms with Crippen LogP contribution in [0.1, 0.15) is 43.9 Å². The molecule has 2 atom stereocenters. The van der Waals surface area contributed by atoms with E-state index in [1.54, 1.807) is 42.5 Å². The van der Waals surface area contributed by atoms with Crippen LogP contribution in [-0.4, -0.2) is 50.5 Å². The largest absolute Gasteiger partial charge is 0.494 e. The number of para-hydroxylation sites is 1. The summed E-state index contributed by atoms with van der Waals surface area (Å²) >= 11 is 0. The molecule has 0 spiro atoms. The van der Waals surface area contributed by atoms with E-state index in [4.69, 9.17) is 14.2 Å². The molecule has 0 fully saturated rings. The Morgan fingerprint density at radius 1 is 0.857 bits per heavy atom. The lowest BCUT2D eigenvalue weighted by molar-refractivity contribution is -0.137. The quantitative estimate of drug-likeness (QED) is 0.194. The lowest BCUT2D eigenvalue weighted by Gasteiger charge is -2.40. The van der Waals surface area contributed by atoms with Crippen LogP contribution in [0.2, 0.25) is 0 Å². The number of carbonyl (C=O) groups excluding carboxylic acids is 2. The lowest BCUT2D eigenvalue weighted by Crippen LogP contribution is -2.49. The second-order valence-electron chi connectivity index (χ2n) is 9.54. The van der Waals surface area contributed by atoms with E-state index in [0.29, 0.717) is 46.3 Å². The number of carboxylic acid groups (broad SMARTS) is 1. The van der Waals surface area contributed by atoms with Crippen molar-refractivity contribution < 1.29 is 33.7 Å². The highest BCUT2D eigenvalue weighted by atomic mass is 16.5. The first-order valence-corrected chi connectivity index (χ1v) is 13.4. The van der Waals surface area contributed by atoms with E-state index in [9.17, 15) is 19.5 Å². The Bertz CT molecular complexity index is 1410. The van der Waals surface area contributed by atoms with Crippen LogP contribution in [0.4, 0.5) is 21.9 Å². The van der Waals surface area contributed by atoms with Gasteiger partial charge in [0.05, 0.1) is 39.5 Å². The number of hydrogen-bond donors (Lipinski definition) is 4. The molecule has 11 heteroatoms. The van der Waals surface area contributed by atoms with Gasteiger partial charge in [-0.1, -0.05) is 31.2 Å². The van der Waals surface area contributed by atoms with Crippen LogP contribution in [0.25, 0.3) is 0 Å². The van der Waals surface area contributed by atoms with E-state index >= 15 is 0 Å². The molecular weight excluding hydrogens is 540 g/mol. The van der Waals surface area contributed by atoms with Crippen LogP contribution >= 0.6 is 0 Å². The molecule has 4 N–H and O–H groups in total. The van der Waals surface area contributed by atoms with Crippen molar-refractivity contribution in [3.8, 4) is 17.2 Å². The molecule has 0 heterocycles. The molecule has 3 rings (SSSR count). The van der Waals surface area contributed by atoms with E-state index in [0.717, 1.165) is 5.56 Å². The Hall–Kier alpha value is -4.93. The number of methoxy groups -OCH3 is 3. The molecule has 3 amide bonds. The van der Waals surface area contributed by atoms with Gasteiger partial charge in [-0.15, -0.1) is 0 Å². The summed E-state index contributed by atoms with van der Waals surface area (Å²) in [6.45, 7) is 5.19. The maximum atomic E-state index is 12.8. The maximum absolute atomic E-state index is 12.8. The third-order valence-corrected chi connectivity index (χ3v) is 6.71. The highest BCUT2D eigenvalue weighted by Gasteiger charge is 2.31. The van der Waals surface area contributed by atoms with Gasteiger partial charge in [-0.05, 0) is 54.8 Å². The van der Waals surface area contributed by atoms with E-state index in [2.05, 4.69) is 16.0 Å². The van der Waals surface area contributed by atoms with Crippen molar-refractivity contribution in [2.45, 2.75) is 45.8 Å². The van der Waals surface area contributed by atoms with Crippen molar-refractivity contribution in [3.63, 3.8) is 0 Å². The van der Waals surface area contributed by atoms with E-state index in [-0.39, 0.29) is 12.3 Å². The fraction of sp³-hybridized carbons (Fsp3) is 0.323. The number of rotatable bonds is 13. The summed E-state index contributed by atoms with van der Waals surface area (Å²) in [5, 5.41) is 18.5. The fourth-order valence-corrected chi connectivity index (χ4v) is 4.72. The molecular formula is C31H38N4O7. The van der Waals surface area contributed by atoms with Crippen molar-refractivity contribution in [2.24, 2.45) is 0 Å². The van der Waals surface area contributed by atoms with Crippen LogP contribution in [0.5, 0.6) is 17.2 Å². The van der Waals surface area contributed by atoms with Gasteiger partial charge < -0.3 is 40.2 Å². The second kappa shape index (κ2) is 14.6. The fourth-order valence-electron chi connectivity index (χ4n) is 4.72. The number of anilines is 3. The summed E-state index contributed by atoms with van der Waals surface area (Å²) in [5.41, 5.74) is 3.19. The number of nitrogens with one attached hydrogen (secondary N) is 3. The van der Waals surface area contributed by atoms with Crippen LogP contribution in [-0.2, 0) is 9.59 Å². The Kier molecular flexibility index (Phi) is 11.0. The van der Waals surface area contributed by atoms with Gasteiger partial charge in [0, 0.05) is 24.4 Å². The van der Waals surface area contributed by atoms with Crippen molar-refractivity contribution in [3.05, 3.63) is 71.8 Å². The summed E-state index contributed by atoms with van der Waals surface area (Å²) in [7, 11) is 4.50. The summed E-state index contributed by atoms with van der Waals surface area (Å²) in [4.78, 5) is 39.0. The number of carboxylic acids is 1. The van der Waals surface area contributed by atoms with Gasteiger partial charge in [0.15, 0.2) is 11.5 Å². The predicted molar refractivity (Wildman–Crippen MR) is 162 cm³/mol. The number of nitrogens with zero attached hydrogens (tertiary/aromatic N) is 1. The number of amides is 3. The summed E-state index contributed by atoms with van der Waals surface area (Å²) in [5.74, 6) is -0.0231. The molecule has 0 bridgehead atoms. The Balaban J connectivity index is 2.08. The SMILES string of the molecule is CCC(NC(C)=O)N(c1ccc(NC(=O)Nc2ccccc2C)c(OC)c1)C(CC(=O)O)c1ccc(OC)c(OC)c1. The number of aliphatic carboxylic acids is 1. The zero-order valence-corrected chi connectivity index (χ0v) is 24.7. The van der Waals surface area contributed by atoms with Crippen LogP contribution in [0, 0.1) is 6.92 Å². The topological polar surface area (TPSA) is 138 Å². The number of benzene rings is 3. The Morgan fingerprint density at radius 3 is 2.12 bits per heavy atom. The molecule has 0 saturated carbocycles. The smallest absolute Gasteiger partial charge is 0.323 e. The van der Waals surface area contributed by atoms with Gasteiger partial charge in [-0.25, -0.2) is 4.79 Å². The first kappa shape index (κ1) is 31.6. The number of urea groups is 1. The number of ether oxygens (including phenoxy) is 3. The zero-order chi connectivity index (χ0) is 30.8. The predicted octanol–water partition coefficient (Wildman–Crippen LogP) is 5.56. The maximum Gasteiger partial charge on any atom is 0.323 e. The molecule has 3 aromatic carbocycles. The van der Waals surface area contributed by atoms with Gasteiger partial charge in [0.25, 0.3) is 0 Å². The van der Waals surface area contributed by atoms with E-state index < -0.39 is 24.2 Å². The normalized spacial score (nSPS) is 12.0. The molecule has 0 aromatic heterocycles. The van der Waals surface area contributed by atoms with E-state index in [1.807, 2.05) is 36.9 Å². The molecule has 2 unspecified atom stereocenters. The first-order valence-electron chi connectivity index (χ1n) is 13.4. The minimum atomic E-state index is -1.03. The first-order chi connectivity index (χ1) is 20.1.